The van der Waals surface area contributed by atoms with Crippen LogP contribution in [-0.4, -0.2) is 74.2 Å². The van der Waals surface area contributed by atoms with Gasteiger partial charge in [-0.05, 0) is 62.3 Å². The average molecular weight is 575 g/mol. The predicted molar refractivity (Wildman–Crippen MR) is 156 cm³/mol. The fourth-order valence-corrected chi connectivity index (χ4v) is 5.90. The van der Waals surface area contributed by atoms with Gasteiger partial charge in [-0.15, -0.1) is 0 Å². The number of nitrogens with zero attached hydrogens (tertiary/aromatic N) is 4. The van der Waals surface area contributed by atoms with Crippen LogP contribution in [0.2, 0.25) is 0 Å². The second-order valence-electron chi connectivity index (χ2n) is 12.0. The first-order valence-corrected chi connectivity index (χ1v) is 14.4. The average Bonchev–Trinajstić information content (AvgIpc) is 3.35. The molecule has 0 radical (unpaired) electrons. The predicted octanol–water partition coefficient (Wildman–Crippen LogP) is 5.66. The Bertz CT molecular complexity index is 1430. The third-order valence-electron chi connectivity index (χ3n) is 7.76. The highest BCUT2D eigenvalue weighted by atomic mass is 16.6. The first kappa shape index (κ1) is 29.2. The van der Waals surface area contributed by atoms with Crippen molar-refractivity contribution in [2.24, 2.45) is 7.05 Å². The number of carboxylic acids is 1. The Morgan fingerprint density at radius 1 is 1.02 bits per heavy atom. The summed E-state index contributed by atoms with van der Waals surface area (Å²) in [5.74, 6) is -1.29. The van der Waals surface area contributed by atoms with Gasteiger partial charge < -0.3 is 19.5 Å². The van der Waals surface area contributed by atoms with Gasteiger partial charge >= 0.3 is 18.2 Å². The number of benzene rings is 2. The van der Waals surface area contributed by atoms with Gasteiger partial charge in [0.1, 0.15) is 12.2 Å². The van der Waals surface area contributed by atoms with Crippen LogP contribution in [0.3, 0.4) is 0 Å². The monoisotopic (exact) mass is 574 g/mol. The number of likely N-dealkylation sites (tertiary alicyclic amines) is 1. The van der Waals surface area contributed by atoms with Gasteiger partial charge in [0.15, 0.2) is 5.69 Å². The number of ether oxygens (including phenoxy) is 2. The van der Waals surface area contributed by atoms with Crippen LogP contribution in [0.4, 0.5) is 9.59 Å². The van der Waals surface area contributed by atoms with E-state index in [-0.39, 0.29) is 31.3 Å². The number of carboxylic acid groups (broad SMARTS) is 1. The molecule has 1 N–H and O–H groups in total. The molecule has 222 valence electrons. The lowest BCUT2D eigenvalue weighted by atomic mass is 9.98. The topological polar surface area (TPSA) is 114 Å². The molecule has 1 aliphatic carbocycles. The molecule has 10 heteroatoms. The molecule has 2 aliphatic rings. The van der Waals surface area contributed by atoms with Crippen LogP contribution in [0.5, 0.6) is 0 Å². The largest absolute Gasteiger partial charge is 0.476 e. The summed E-state index contributed by atoms with van der Waals surface area (Å²) in [7, 11) is 1.64. The molecule has 0 bridgehead atoms. The van der Waals surface area contributed by atoms with Crippen molar-refractivity contribution in [2.75, 3.05) is 19.7 Å². The maximum absolute atomic E-state index is 13.9. The SMILES string of the molecule is Cn1cc(CN(C(=O)OCC2c3ccccc3-c3ccccc32)C2CCCCN(C(=O)OC(C)(C)C)C2)c(C(=O)O)n1. The summed E-state index contributed by atoms with van der Waals surface area (Å²) in [6, 6.07) is 15.8. The summed E-state index contributed by atoms with van der Waals surface area (Å²) < 4.78 is 13.1. The molecule has 1 unspecified atom stereocenters. The van der Waals surface area contributed by atoms with Crippen molar-refractivity contribution in [3.05, 3.63) is 77.1 Å². The van der Waals surface area contributed by atoms with Crippen LogP contribution >= 0.6 is 0 Å². The lowest BCUT2D eigenvalue weighted by molar-refractivity contribution is 0.0187. The van der Waals surface area contributed by atoms with Crippen LogP contribution in [0.15, 0.2) is 54.7 Å². The summed E-state index contributed by atoms with van der Waals surface area (Å²) in [5, 5.41) is 13.8. The van der Waals surface area contributed by atoms with Gasteiger partial charge in [-0.25, -0.2) is 14.4 Å². The molecule has 0 saturated carbocycles. The van der Waals surface area contributed by atoms with E-state index >= 15 is 0 Å². The third kappa shape index (κ3) is 6.27. The zero-order valence-corrected chi connectivity index (χ0v) is 24.6. The minimum Gasteiger partial charge on any atom is -0.476 e. The Morgan fingerprint density at radius 2 is 1.67 bits per heavy atom. The van der Waals surface area contributed by atoms with E-state index in [2.05, 4.69) is 29.4 Å². The smallest absolute Gasteiger partial charge is 0.410 e. The molecule has 42 heavy (non-hydrogen) atoms. The molecule has 1 aromatic heterocycles. The van der Waals surface area contributed by atoms with Gasteiger partial charge in [0.2, 0.25) is 0 Å². The number of hydrogen-bond donors (Lipinski definition) is 1. The quantitative estimate of drug-likeness (QED) is 0.404. The van der Waals surface area contributed by atoms with Crippen molar-refractivity contribution in [3.8, 4) is 11.1 Å². The van der Waals surface area contributed by atoms with Crippen LogP contribution in [0, 0.1) is 0 Å². The van der Waals surface area contributed by atoms with E-state index in [4.69, 9.17) is 9.47 Å². The van der Waals surface area contributed by atoms with Crippen molar-refractivity contribution in [2.45, 2.75) is 64.1 Å². The summed E-state index contributed by atoms with van der Waals surface area (Å²) in [6.45, 7) is 6.33. The summed E-state index contributed by atoms with van der Waals surface area (Å²) >= 11 is 0. The minimum absolute atomic E-state index is 0.0149. The first-order valence-electron chi connectivity index (χ1n) is 14.4. The van der Waals surface area contributed by atoms with E-state index in [0.717, 1.165) is 35.1 Å². The molecule has 2 amide bonds. The van der Waals surface area contributed by atoms with Crippen molar-refractivity contribution in [1.29, 1.82) is 0 Å². The zero-order valence-electron chi connectivity index (χ0n) is 24.6. The Balaban J connectivity index is 1.41. The maximum Gasteiger partial charge on any atom is 0.410 e. The Kier molecular flexibility index (Phi) is 8.24. The second kappa shape index (κ2) is 11.9. The van der Waals surface area contributed by atoms with Crippen LogP contribution in [-0.2, 0) is 23.1 Å². The third-order valence-corrected chi connectivity index (χ3v) is 7.76. The Hall–Kier alpha value is -4.34. The molecule has 1 aliphatic heterocycles. The zero-order chi connectivity index (χ0) is 30.0. The number of carbonyl (C=O) groups is 3. The van der Waals surface area contributed by atoms with E-state index in [1.54, 1.807) is 23.0 Å². The van der Waals surface area contributed by atoms with Gasteiger partial charge in [0, 0.05) is 37.8 Å². The van der Waals surface area contributed by atoms with Crippen LogP contribution < -0.4 is 0 Å². The molecule has 3 aromatic rings. The van der Waals surface area contributed by atoms with Crippen molar-refractivity contribution < 1.29 is 29.0 Å². The fourth-order valence-electron chi connectivity index (χ4n) is 5.90. The number of rotatable bonds is 6. The lowest BCUT2D eigenvalue weighted by Gasteiger charge is -2.34. The van der Waals surface area contributed by atoms with Gasteiger partial charge in [0.25, 0.3) is 0 Å². The Labute approximate surface area is 245 Å². The fraction of sp³-hybridized carbons (Fsp3) is 0.438. The molecule has 2 heterocycles. The number of aromatic nitrogens is 2. The van der Waals surface area contributed by atoms with Crippen molar-refractivity contribution in [3.63, 3.8) is 0 Å². The van der Waals surface area contributed by atoms with E-state index in [1.165, 1.54) is 4.68 Å². The molecule has 1 saturated heterocycles. The van der Waals surface area contributed by atoms with Crippen LogP contribution in [0.1, 0.15) is 73.1 Å². The summed E-state index contributed by atoms with van der Waals surface area (Å²) in [6.07, 6.45) is 2.79. The minimum atomic E-state index is -1.17. The number of hydrogen-bond acceptors (Lipinski definition) is 6. The molecular weight excluding hydrogens is 536 g/mol. The number of carbonyl (C=O) groups excluding carboxylic acids is 2. The first-order chi connectivity index (χ1) is 20.0. The second-order valence-corrected chi connectivity index (χ2v) is 12.0. The van der Waals surface area contributed by atoms with Crippen molar-refractivity contribution >= 4 is 18.2 Å². The van der Waals surface area contributed by atoms with Crippen LogP contribution in [0.25, 0.3) is 11.1 Å². The molecule has 5 rings (SSSR count). The summed E-state index contributed by atoms with van der Waals surface area (Å²) in [4.78, 5) is 42.1. The highest BCUT2D eigenvalue weighted by Crippen LogP contribution is 2.44. The maximum atomic E-state index is 13.9. The van der Waals surface area contributed by atoms with E-state index in [0.29, 0.717) is 18.5 Å². The molecule has 1 atom stereocenters. The Morgan fingerprint density at radius 3 is 2.29 bits per heavy atom. The number of amides is 2. The van der Waals surface area contributed by atoms with Gasteiger partial charge in [-0.1, -0.05) is 48.5 Å². The van der Waals surface area contributed by atoms with Gasteiger partial charge in [0.05, 0.1) is 12.6 Å². The molecule has 2 aromatic carbocycles. The number of aromatic carboxylic acids is 1. The molecule has 1 fully saturated rings. The van der Waals surface area contributed by atoms with Gasteiger partial charge in [-0.3, -0.25) is 9.58 Å². The van der Waals surface area contributed by atoms with Crippen molar-refractivity contribution in [1.82, 2.24) is 19.6 Å². The standard InChI is InChI=1S/C32H38N4O6/c1-32(2,3)42-30(39)35-16-10-9-11-22(19-35)36(18-21-17-34(4)33-28(21)29(37)38)31(40)41-20-27-25-14-7-5-12-23(25)24-13-6-8-15-26(24)27/h5-8,12-15,17,22,27H,9-11,16,18-20H2,1-4H3,(H,37,38). The van der Waals surface area contributed by atoms with E-state index < -0.39 is 29.8 Å². The number of aryl methyl sites for hydroxylation is 1. The normalized spacial score (nSPS) is 16.8. The number of fused-ring (bicyclic) bond motifs is 3. The molecule has 10 nitrogen and oxygen atoms in total. The van der Waals surface area contributed by atoms with E-state index in [9.17, 15) is 19.5 Å². The lowest BCUT2D eigenvalue weighted by Crippen LogP contribution is -2.48. The van der Waals surface area contributed by atoms with E-state index in [1.807, 2.05) is 45.0 Å². The highest BCUT2D eigenvalue weighted by molar-refractivity contribution is 5.87. The van der Waals surface area contributed by atoms with Gasteiger partial charge in [-0.2, -0.15) is 5.10 Å². The molecular formula is C32H38N4O6. The molecule has 0 spiro atoms. The summed E-state index contributed by atoms with van der Waals surface area (Å²) in [5.41, 5.74) is 4.08. The highest BCUT2D eigenvalue weighted by Gasteiger charge is 2.35.